The van der Waals surface area contributed by atoms with Gasteiger partial charge in [-0.2, -0.15) is 0 Å². The van der Waals surface area contributed by atoms with Crippen molar-refractivity contribution in [1.82, 2.24) is 0 Å². The molecule has 0 bridgehead atoms. The highest BCUT2D eigenvalue weighted by Gasteiger charge is 2.20. The van der Waals surface area contributed by atoms with Gasteiger partial charge in [0.25, 0.3) is 0 Å². The Morgan fingerprint density at radius 1 is 0.742 bits per heavy atom. The summed E-state index contributed by atoms with van der Waals surface area (Å²) in [5, 5.41) is 0. The molecule has 0 aliphatic heterocycles. The van der Waals surface area contributed by atoms with Crippen LogP contribution in [0.1, 0.15) is 62.2 Å². The van der Waals surface area contributed by atoms with E-state index < -0.39 is 11.6 Å². The number of rotatable bonds is 5. The van der Waals surface area contributed by atoms with E-state index in [-0.39, 0.29) is 12.8 Å². The van der Waals surface area contributed by atoms with Crippen molar-refractivity contribution in [1.29, 1.82) is 0 Å². The van der Waals surface area contributed by atoms with Crippen LogP contribution < -0.4 is 0 Å². The summed E-state index contributed by atoms with van der Waals surface area (Å²) in [6.45, 7) is 3.73. The summed E-state index contributed by atoms with van der Waals surface area (Å²) in [7, 11) is 0. The summed E-state index contributed by atoms with van der Waals surface area (Å²) in [5.74, 6) is 0.0648. The molecule has 3 aromatic carbocycles. The molecule has 0 heterocycles. The van der Waals surface area contributed by atoms with Crippen molar-refractivity contribution in [2.24, 2.45) is 5.92 Å². The van der Waals surface area contributed by atoms with E-state index >= 15 is 0 Å². The van der Waals surface area contributed by atoms with Gasteiger partial charge in [0.1, 0.15) is 17.5 Å². The minimum atomic E-state index is -0.507. The fourth-order valence-corrected chi connectivity index (χ4v) is 4.59. The molecule has 31 heavy (non-hydrogen) atoms. The maximum atomic E-state index is 14.9. The van der Waals surface area contributed by atoms with Gasteiger partial charge in [0.2, 0.25) is 0 Å². The van der Waals surface area contributed by atoms with Gasteiger partial charge >= 0.3 is 0 Å². The molecule has 0 atom stereocenters. The second-order valence-corrected chi connectivity index (χ2v) is 9.08. The lowest BCUT2D eigenvalue weighted by Gasteiger charge is -2.26. The SMILES string of the molecule is Cc1c(F)cc(CCc2ccc(-c3ccc(C4CCC(C)CC4)cc3F)cc2)cc1F.[HH]. The fraction of sp³-hybridized carbons (Fsp3) is 0.357. The number of halogens is 3. The van der Waals surface area contributed by atoms with Crippen molar-refractivity contribution < 1.29 is 14.6 Å². The summed E-state index contributed by atoms with van der Waals surface area (Å²) in [4.78, 5) is 0. The summed E-state index contributed by atoms with van der Waals surface area (Å²) in [5.41, 5.74) is 4.32. The van der Waals surface area contributed by atoms with E-state index in [0.717, 1.165) is 35.4 Å². The molecule has 0 nitrogen and oxygen atoms in total. The smallest absolute Gasteiger partial charge is 0.131 e. The van der Waals surface area contributed by atoms with Crippen LogP contribution >= 0.6 is 0 Å². The van der Waals surface area contributed by atoms with Gasteiger partial charge in [0, 0.05) is 12.6 Å². The molecule has 4 rings (SSSR count). The van der Waals surface area contributed by atoms with Crippen molar-refractivity contribution in [2.45, 2.75) is 58.3 Å². The zero-order chi connectivity index (χ0) is 22.0. The Labute approximate surface area is 184 Å². The summed E-state index contributed by atoms with van der Waals surface area (Å²) in [6.07, 6.45) is 5.95. The molecular formula is C28H31F3. The van der Waals surface area contributed by atoms with Crippen molar-refractivity contribution in [3.05, 3.63) is 94.3 Å². The van der Waals surface area contributed by atoms with Gasteiger partial charge in [-0.15, -0.1) is 0 Å². The van der Waals surface area contributed by atoms with Crippen LogP contribution in [0.5, 0.6) is 0 Å². The second kappa shape index (κ2) is 9.30. The number of hydrogen-bond acceptors (Lipinski definition) is 0. The van der Waals surface area contributed by atoms with E-state index in [0.29, 0.717) is 29.9 Å². The first-order valence-corrected chi connectivity index (χ1v) is 11.2. The fourth-order valence-electron chi connectivity index (χ4n) is 4.59. The molecule has 0 unspecified atom stereocenters. The third-order valence-electron chi connectivity index (χ3n) is 6.79. The predicted octanol–water partition coefficient (Wildman–Crippen LogP) is 8.40. The number of benzene rings is 3. The molecule has 0 amide bonds. The molecule has 0 spiro atoms. The molecular weight excluding hydrogens is 393 g/mol. The Hall–Kier alpha value is -2.55. The summed E-state index contributed by atoms with van der Waals surface area (Å²) < 4.78 is 42.3. The molecule has 0 saturated heterocycles. The molecule has 0 radical (unpaired) electrons. The molecule has 1 saturated carbocycles. The van der Waals surface area contributed by atoms with E-state index in [1.54, 1.807) is 6.07 Å². The summed E-state index contributed by atoms with van der Waals surface area (Å²) >= 11 is 0. The highest BCUT2D eigenvalue weighted by atomic mass is 19.1. The first-order chi connectivity index (χ1) is 14.9. The monoisotopic (exact) mass is 424 g/mol. The van der Waals surface area contributed by atoms with Gasteiger partial charge < -0.3 is 0 Å². The third kappa shape index (κ3) is 5.03. The number of aryl methyl sites for hydroxylation is 2. The van der Waals surface area contributed by atoms with E-state index in [1.165, 1.54) is 31.9 Å². The average Bonchev–Trinajstić information content (AvgIpc) is 2.77. The van der Waals surface area contributed by atoms with Crippen LogP contribution in [-0.4, -0.2) is 0 Å². The van der Waals surface area contributed by atoms with E-state index in [9.17, 15) is 13.2 Å². The van der Waals surface area contributed by atoms with Crippen molar-refractivity contribution in [2.75, 3.05) is 0 Å². The highest BCUT2D eigenvalue weighted by molar-refractivity contribution is 5.65. The van der Waals surface area contributed by atoms with Crippen LogP contribution in [0.2, 0.25) is 0 Å². The Bertz CT molecular complexity index is 1030. The van der Waals surface area contributed by atoms with Gasteiger partial charge in [-0.05, 0) is 84.9 Å². The van der Waals surface area contributed by atoms with Crippen molar-refractivity contribution >= 4 is 0 Å². The van der Waals surface area contributed by atoms with Gasteiger partial charge in [-0.3, -0.25) is 0 Å². The molecule has 3 heteroatoms. The molecule has 1 aliphatic carbocycles. The van der Waals surface area contributed by atoms with Crippen LogP contribution in [0.3, 0.4) is 0 Å². The molecule has 1 fully saturated rings. The minimum Gasteiger partial charge on any atom is -0.207 e. The highest BCUT2D eigenvalue weighted by Crippen LogP contribution is 2.37. The van der Waals surface area contributed by atoms with Crippen LogP contribution in [0.25, 0.3) is 11.1 Å². The first kappa shape index (κ1) is 21.7. The van der Waals surface area contributed by atoms with Gasteiger partial charge in [0.15, 0.2) is 0 Å². The Morgan fingerprint density at radius 2 is 1.35 bits per heavy atom. The number of hydrogen-bond donors (Lipinski definition) is 0. The van der Waals surface area contributed by atoms with E-state index in [4.69, 9.17) is 0 Å². The molecule has 0 N–H and O–H groups in total. The van der Waals surface area contributed by atoms with Crippen LogP contribution in [0.4, 0.5) is 13.2 Å². The van der Waals surface area contributed by atoms with Crippen LogP contribution in [0, 0.1) is 30.3 Å². The maximum Gasteiger partial charge on any atom is 0.131 e. The summed E-state index contributed by atoms with van der Waals surface area (Å²) in [6, 6.07) is 16.3. The Kier molecular flexibility index (Phi) is 6.50. The molecule has 164 valence electrons. The second-order valence-electron chi connectivity index (χ2n) is 9.08. The average molecular weight is 425 g/mol. The van der Waals surface area contributed by atoms with Gasteiger partial charge in [-0.25, -0.2) is 13.2 Å². The van der Waals surface area contributed by atoms with Crippen molar-refractivity contribution in [3.63, 3.8) is 0 Å². The maximum absolute atomic E-state index is 14.9. The van der Waals surface area contributed by atoms with E-state index in [2.05, 4.69) is 13.0 Å². The topological polar surface area (TPSA) is 0 Å². The Balaban J connectivity index is 0.00000289. The third-order valence-corrected chi connectivity index (χ3v) is 6.79. The molecule has 0 aromatic heterocycles. The lowest BCUT2D eigenvalue weighted by Crippen LogP contribution is -2.11. The van der Waals surface area contributed by atoms with Gasteiger partial charge in [-0.1, -0.05) is 56.2 Å². The predicted molar refractivity (Wildman–Crippen MR) is 123 cm³/mol. The lowest BCUT2D eigenvalue weighted by atomic mass is 9.79. The lowest BCUT2D eigenvalue weighted by molar-refractivity contribution is 0.347. The van der Waals surface area contributed by atoms with Gasteiger partial charge in [0.05, 0.1) is 0 Å². The zero-order valence-electron chi connectivity index (χ0n) is 18.2. The van der Waals surface area contributed by atoms with Crippen molar-refractivity contribution in [3.8, 4) is 11.1 Å². The molecule has 1 aliphatic rings. The standard InChI is InChI=1S/C28H29F3.H2/c1-18-3-9-22(10-4-18)24-13-14-25(28(31)17-24)23-11-7-20(8-12-23)5-6-21-15-26(29)19(2)27(30)16-21;/h7-8,11-18,22H,3-6,9-10H2,1-2H3;1H. The Morgan fingerprint density at radius 3 is 1.97 bits per heavy atom. The van der Waals surface area contributed by atoms with Crippen LogP contribution in [-0.2, 0) is 12.8 Å². The quantitative estimate of drug-likeness (QED) is 0.386. The largest absolute Gasteiger partial charge is 0.207 e. The first-order valence-electron chi connectivity index (χ1n) is 11.2. The molecule has 3 aromatic rings. The van der Waals surface area contributed by atoms with E-state index in [1.807, 2.05) is 30.3 Å². The normalized spacial score (nSPS) is 18.9. The van der Waals surface area contributed by atoms with Crippen LogP contribution in [0.15, 0.2) is 54.6 Å². The zero-order valence-corrected chi connectivity index (χ0v) is 18.2. The minimum absolute atomic E-state index is 0.